The van der Waals surface area contributed by atoms with Crippen molar-refractivity contribution in [1.29, 1.82) is 0 Å². The number of rotatable bonds is 14. The molecule has 0 fully saturated rings. The number of amides is 4. The van der Waals surface area contributed by atoms with Gasteiger partial charge in [0.15, 0.2) is 0 Å². The number of likely N-dealkylation sites (N-methyl/N-ethyl adjacent to an activating group) is 4. The molecule has 2 aromatic carbocycles. The van der Waals surface area contributed by atoms with Crippen molar-refractivity contribution in [3.63, 3.8) is 0 Å². The largest absolute Gasteiger partial charge is 0.459 e. The standard InChI is InChI=1S/C35H50N4O7/c1-10-38(32(42)26(4)37(9)34(44)45-24-28-15-13-12-14-16-28)22-30(40)39(11-2)29(21-27-19-17-25(3)18-20-27)33(43)36(8)23-31(41)46-35(5,6)7/h12-20,26,29H,10-11,21-24H2,1-9H3/t26-,29-/m0/s1. The quantitative estimate of drug-likeness (QED) is 0.287. The molecule has 4 amide bonds. The van der Waals surface area contributed by atoms with Gasteiger partial charge in [0.2, 0.25) is 17.7 Å². The van der Waals surface area contributed by atoms with Crippen LogP contribution in [-0.4, -0.2) is 107 Å². The Morgan fingerprint density at radius 3 is 1.96 bits per heavy atom. The Bertz CT molecular complexity index is 1320. The number of esters is 1. The van der Waals surface area contributed by atoms with E-state index in [1.54, 1.807) is 41.5 Å². The molecule has 2 rings (SSSR count). The Labute approximate surface area is 273 Å². The highest BCUT2D eigenvalue weighted by Gasteiger charge is 2.35. The second-order valence-corrected chi connectivity index (χ2v) is 12.3. The van der Waals surface area contributed by atoms with Crippen LogP contribution in [0.1, 0.15) is 58.2 Å². The number of aryl methyl sites for hydroxylation is 1. The molecule has 0 saturated carbocycles. The van der Waals surface area contributed by atoms with E-state index in [0.717, 1.165) is 16.7 Å². The van der Waals surface area contributed by atoms with Crippen LogP contribution in [-0.2, 0) is 41.7 Å². The van der Waals surface area contributed by atoms with Gasteiger partial charge in [0.05, 0.1) is 6.54 Å². The van der Waals surface area contributed by atoms with Gasteiger partial charge in [-0.05, 0) is 59.6 Å². The molecule has 2 aromatic rings. The maximum atomic E-state index is 13.8. The zero-order valence-corrected chi connectivity index (χ0v) is 28.7. The summed E-state index contributed by atoms with van der Waals surface area (Å²) in [7, 11) is 2.98. The fourth-order valence-electron chi connectivity index (χ4n) is 4.76. The van der Waals surface area contributed by atoms with Crippen LogP contribution in [0.2, 0.25) is 0 Å². The molecule has 0 aliphatic carbocycles. The molecule has 11 heteroatoms. The monoisotopic (exact) mass is 638 g/mol. The van der Waals surface area contributed by atoms with E-state index in [2.05, 4.69) is 0 Å². The SMILES string of the molecule is CCN(CC(=O)N(CC)[C@@H](Cc1ccc(C)cc1)C(=O)N(C)CC(=O)OC(C)(C)C)C(=O)[C@H](C)N(C)C(=O)OCc1ccccc1. The topological polar surface area (TPSA) is 117 Å². The fourth-order valence-corrected chi connectivity index (χ4v) is 4.76. The van der Waals surface area contributed by atoms with Crippen LogP contribution in [0.5, 0.6) is 0 Å². The predicted molar refractivity (Wildman–Crippen MR) is 176 cm³/mol. The second kappa shape index (κ2) is 17.3. The highest BCUT2D eigenvalue weighted by Crippen LogP contribution is 2.16. The minimum atomic E-state index is -0.936. The van der Waals surface area contributed by atoms with Crippen LogP contribution in [0.15, 0.2) is 54.6 Å². The van der Waals surface area contributed by atoms with Crippen LogP contribution in [0, 0.1) is 6.92 Å². The Morgan fingerprint density at radius 2 is 1.41 bits per heavy atom. The lowest BCUT2D eigenvalue weighted by molar-refractivity contribution is -0.159. The van der Waals surface area contributed by atoms with Crippen molar-refractivity contribution in [2.24, 2.45) is 0 Å². The molecule has 46 heavy (non-hydrogen) atoms. The lowest BCUT2D eigenvalue weighted by Gasteiger charge is -2.35. The summed E-state index contributed by atoms with van der Waals surface area (Å²) in [5, 5.41) is 0. The van der Waals surface area contributed by atoms with Crippen molar-refractivity contribution in [1.82, 2.24) is 19.6 Å². The van der Waals surface area contributed by atoms with Crippen LogP contribution in [0.25, 0.3) is 0 Å². The molecule has 2 atom stereocenters. The van der Waals surface area contributed by atoms with Gasteiger partial charge in [0.25, 0.3) is 0 Å². The molecule has 0 aliphatic rings. The Balaban J connectivity index is 2.21. The average Bonchev–Trinajstić information content (AvgIpc) is 3.01. The summed E-state index contributed by atoms with van der Waals surface area (Å²) in [5.41, 5.74) is 1.99. The van der Waals surface area contributed by atoms with Gasteiger partial charge in [-0.1, -0.05) is 60.2 Å². The number of benzene rings is 2. The molecule has 11 nitrogen and oxygen atoms in total. The van der Waals surface area contributed by atoms with Crippen molar-refractivity contribution in [2.75, 3.05) is 40.3 Å². The molecule has 0 radical (unpaired) electrons. The van der Waals surface area contributed by atoms with Crippen LogP contribution >= 0.6 is 0 Å². The first-order chi connectivity index (χ1) is 21.6. The van der Waals surface area contributed by atoms with E-state index in [0.29, 0.717) is 0 Å². The summed E-state index contributed by atoms with van der Waals surface area (Å²) in [6.45, 7) is 12.2. The van der Waals surface area contributed by atoms with E-state index in [1.165, 1.54) is 33.7 Å². The highest BCUT2D eigenvalue weighted by molar-refractivity contribution is 5.93. The van der Waals surface area contributed by atoms with E-state index >= 15 is 0 Å². The molecule has 252 valence electrons. The molecule has 0 heterocycles. The molecule has 0 saturated heterocycles. The van der Waals surface area contributed by atoms with Crippen molar-refractivity contribution < 1.29 is 33.4 Å². The molecule has 0 bridgehead atoms. The van der Waals surface area contributed by atoms with E-state index in [9.17, 15) is 24.0 Å². The lowest BCUT2D eigenvalue weighted by atomic mass is 10.0. The van der Waals surface area contributed by atoms with Gasteiger partial charge in [0, 0.05) is 33.6 Å². The molecular formula is C35H50N4O7. The third-order valence-corrected chi connectivity index (χ3v) is 7.49. The van der Waals surface area contributed by atoms with Crippen LogP contribution in [0.4, 0.5) is 4.79 Å². The van der Waals surface area contributed by atoms with Gasteiger partial charge >= 0.3 is 12.1 Å². The van der Waals surface area contributed by atoms with Gasteiger partial charge < -0.3 is 24.2 Å². The molecule has 0 aliphatic heterocycles. The molecule has 0 spiro atoms. The summed E-state index contributed by atoms with van der Waals surface area (Å²) < 4.78 is 10.8. The highest BCUT2D eigenvalue weighted by atomic mass is 16.6. The zero-order valence-electron chi connectivity index (χ0n) is 28.7. The van der Waals surface area contributed by atoms with Gasteiger partial charge in [-0.3, -0.25) is 24.1 Å². The minimum absolute atomic E-state index is 0.0607. The van der Waals surface area contributed by atoms with Crippen molar-refractivity contribution in [3.8, 4) is 0 Å². The summed E-state index contributed by atoms with van der Waals surface area (Å²) in [4.78, 5) is 71.6. The van der Waals surface area contributed by atoms with Gasteiger partial charge in [-0.15, -0.1) is 0 Å². The number of hydrogen-bond acceptors (Lipinski definition) is 7. The minimum Gasteiger partial charge on any atom is -0.459 e. The summed E-state index contributed by atoms with van der Waals surface area (Å²) in [5.74, 6) is -1.86. The smallest absolute Gasteiger partial charge is 0.410 e. The maximum Gasteiger partial charge on any atom is 0.410 e. The zero-order chi connectivity index (χ0) is 34.6. The fraction of sp³-hybridized carbons (Fsp3) is 0.514. The molecule has 0 aromatic heterocycles. The van der Waals surface area contributed by atoms with E-state index in [4.69, 9.17) is 9.47 Å². The summed E-state index contributed by atoms with van der Waals surface area (Å²) >= 11 is 0. The first kappa shape index (κ1) is 37.8. The predicted octanol–water partition coefficient (Wildman–Crippen LogP) is 4.06. The summed E-state index contributed by atoms with van der Waals surface area (Å²) in [6.07, 6.45) is -0.455. The number of carbonyl (C=O) groups is 5. The normalized spacial score (nSPS) is 12.4. The first-order valence-corrected chi connectivity index (χ1v) is 15.6. The van der Waals surface area contributed by atoms with E-state index in [-0.39, 0.29) is 39.2 Å². The molecule has 0 unspecified atom stereocenters. The molecular weight excluding hydrogens is 588 g/mol. The Kier molecular flexibility index (Phi) is 14.2. The van der Waals surface area contributed by atoms with Gasteiger partial charge in [-0.25, -0.2) is 4.79 Å². The molecule has 0 N–H and O–H groups in total. The van der Waals surface area contributed by atoms with Gasteiger partial charge in [0.1, 0.15) is 30.8 Å². The number of ether oxygens (including phenoxy) is 2. The number of carbonyl (C=O) groups excluding carboxylic acids is 5. The van der Waals surface area contributed by atoms with Crippen LogP contribution in [0.3, 0.4) is 0 Å². The summed E-state index contributed by atoms with van der Waals surface area (Å²) in [6, 6.07) is 15.0. The Morgan fingerprint density at radius 1 is 0.804 bits per heavy atom. The number of nitrogens with zero attached hydrogens (tertiary/aromatic N) is 4. The Hall–Kier alpha value is -4.41. The number of hydrogen-bond donors (Lipinski definition) is 0. The third-order valence-electron chi connectivity index (χ3n) is 7.49. The van der Waals surface area contributed by atoms with E-state index in [1.807, 2.05) is 61.5 Å². The lowest BCUT2D eigenvalue weighted by Crippen LogP contribution is -2.56. The van der Waals surface area contributed by atoms with Gasteiger partial charge in [-0.2, -0.15) is 0 Å². The third kappa shape index (κ3) is 11.5. The second-order valence-electron chi connectivity index (χ2n) is 12.3. The van der Waals surface area contributed by atoms with E-state index < -0.39 is 47.5 Å². The van der Waals surface area contributed by atoms with Crippen LogP contribution < -0.4 is 0 Å². The van der Waals surface area contributed by atoms with Crippen molar-refractivity contribution in [2.45, 2.75) is 79.2 Å². The average molecular weight is 639 g/mol. The van der Waals surface area contributed by atoms with Crippen molar-refractivity contribution in [3.05, 3.63) is 71.3 Å². The van der Waals surface area contributed by atoms with Crippen molar-refractivity contribution >= 4 is 29.8 Å². The maximum absolute atomic E-state index is 13.8. The first-order valence-electron chi connectivity index (χ1n) is 15.6.